The lowest BCUT2D eigenvalue weighted by molar-refractivity contribution is -0.870. The van der Waals surface area contributed by atoms with E-state index in [2.05, 4.69) is 31.3 Å². The molecule has 0 spiro atoms. The van der Waals surface area contributed by atoms with E-state index in [0.29, 0.717) is 17.4 Å². The van der Waals surface area contributed by atoms with Gasteiger partial charge in [-0.1, -0.05) is 250 Å². The number of hydrogen-bond acceptors (Lipinski definition) is 6. The van der Waals surface area contributed by atoms with Crippen molar-refractivity contribution in [2.45, 2.75) is 289 Å². The summed E-state index contributed by atoms with van der Waals surface area (Å²) in [5.74, 6) is -0.199. The minimum atomic E-state index is -4.59. The molecule has 0 aliphatic heterocycles. The Hall–Kier alpha value is -1.02. The van der Waals surface area contributed by atoms with Crippen molar-refractivity contribution in [2.75, 3.05) is 40.9 Å². The highest BCUT2D eigenvalue weighted by atomic mass is 31.2. The maximum Gasteiger partial charge on any atom is 0.268 e. The van der Waals surface area contributed by atoms with Gasteiger partial charge in [0.1, 0.15) is 13.2 Å². The minimum absolute atomic E-state index is 0.000292. The van der Waals surface area contributed by atoms with Crippen LogP contribution >= 0.6 is 7.82 Å². The molecule has 0 saturated carbocycles. The summed E-state index contributed by atoms with van der Waals surface area (Å²) in [6.45, 7) is 4.68. The lowest BCUT2D eigenvalue weighted by Crippen LogP contribution is -2.45. The van der Waals surface area contributed by atoms with Crippen LogP contribution in [0.4, 0.5) is 0 Å². The monoisotopic (exact) mass is 939 g/mol. The van der Waals surface area contributed by atoms with Crippen LogP contribution in [0, 0.1) is 0 Å². The molecule has 0 aromatic rings. The molecule has 386 valence electrons. The summed E-state index contributed by atoms with van der Waals surface area (Å²) >= 11 is 0. The third-order valence-electron chi connectivity index (χ3n) is 12.9. The first-order chi connectivity index (χ1) is 31.5. The van der Waals surface area contributed by atoms with Gasteiger partial charge in [0, 0.05) is 6.42 Å². The van der Waals surface area contributed by atoms with Crippen LogP contribution in [0.1, 0.15) is 277 Å². The molecular formula is C56H111N2O6P. The molecule has 0 fully saturated rings. The second-order valence-corrected chi connectivity index (χ2v) is 22.1. The molecule has 8 nitrogen and oxygen atoms in total. The zero-order valence-corrected chi connectivity index (χ0v) is 44.9. The summed E-state index contributed by atoms with van der Waals surface area (Å²) in [6.07, 6.45) is 59.6. The molecule has 1 amide bonds. The number of carbonyl (C=O) groups is 1. The number of carbonyl (C=O) groups excluding carboxylic acids is 1. The molecular weight excluding hydrogens is 828 g/mol. The molecule has 0 heterocycles. The smallest absolute Gasteiger partial charge is 0.268 e. The van der Waals surface area contributed by atoms with Crippen molar-refractivity contribution >= 4 is 13.7 Å². The molecule has 9 heteroatoms. The van der Waals surface area contributed by atoms with Gasteiger partial charge in [-0.05, 0) is 44.9 Å². The molecule has 0 rings (SSSR count). The number of phosphoric acid groups is 1. The summed E-state index contributed by atoms with van der Waals surface area (Å²) in [4.78, 5) is 25.4. The Morgan fingerprint density at radius 2 is 0.846 bits per heavy atom. The van der Waals surface area contributed by atoms with Gasteiger partial charge in [0.05, 0.1) is 39.9 Å². The highest BCUT2D eigenvalue weighted by molar-refractivity contribution is 7.45. The second-order valence-electron chi connectivity index (χ2n) is 20.6. The van der Waals surface area contributed by atoms with Gasteiger partial charge in [0.25, 0.3) is 7.82 Å². The first-order valence-corrected chi connectivity index (χ1v) is 29.7. The van der Waals surface area contributed by atoms with Crippen LogP contribution in [0.5, 0.6) is 0 Å². The predicted molar refractivity (Wildman–Crippen MR) is 279 cm³/mol. The third-order valence-corrected chi connectivity index (χ3v) is 13.9. The zero-order valence-electron chi connectivity index (χ0n) is 44.0. The average Bonchev–Trinajstić information content (AvgIpc) is 3.26. The standard InChI is InChI=1S/C56H111N2O6P/c1-6-8-10-12-14-16-18-20-22-24-25-26-27-28-29-30-31-32-34-35-37-39-41-43-45-47-49-55(59)54(53-64-65(61,62)63-52-51-58(3,4)5)57-56(60)50-48-46-44-42-40-38-36-33-23-21-19-17-15-13-11-9-7-2/h21,23,47,49,54-55,59H,6-20,22,24-46,48,50-53H2,1-5H3,(H-,57,60,61,62)/b23-21-,49-47+. The maximum absolute atomic E-state index is 12.9. The molecule has 2 N–H and O–H groups in total. The number of nitrogens with zero attached hydrogens (tertiary/aromatic N) is 1. The van der Waals surface area contributed by atoms with Crippen molar-refractivity contribution < 1.29 is 32.9 Å². The highest BCUT2D eigenvalue weighted by Crippen LogP contribution is 2.38. The molecule has 3 atom stereocenters. The number of allylic oxidation sites excluding steroid dienone is 3. The van der Waals surface area contributed by atoms with Gasteiger partial charge in [-0.15, -0.1) is 0 Å². The van der Waals surface area contributed by atoms with Gasteiger partial charge in [0.2, 0.25) is 5.91 Å². The normalized spacial score (nSPS) is 14.1. The van der Waals surface area contributed by atoms with Crippen LogP contribution < -0.4 is 10.2 Å². The minimum Gasteiger partial charge on any atom is -0.756 e. The maximum atomic E-state index is 12.9. The summed E-state index contributed by atoms with van der Waals surface area (Å²) in [5.41, 5.74) is 0. The van der Waals surface area contributed by atoms with E-state index in [4.69, 9.17) is 9.05 Å². The largest absolute Gasteiger partial charge is 0.756 e. The van der Waals surface area contributed by atoms with Crippen LogP contribution in [0.25, 0.3) is 0 Å². The Kier molecular flexibility index (Phi) is 47.3. The first kappa shape index (κ1) is 64.0. The van der Waals surface area contributed by atoms with Crippen molar-refractivity contribution in [1.82, 2.24) is 5.32 Å². The number of nitrogens with one attached hydrogen (secondary N) is 1. The Morgan fingerprint density at radius 1 is 0.523 bits per heavy atom. The summed E-state index contributed by atoms with van der Waals surface area (Å²) in [6, 6.07) is -0.887. The number of hydrogen-bond donors (Lipinski definition) is 2. The lowest BCUT2D eigenvalue weighted by atomic mass is 10.0. The van der Waals surface area contributed by atoms with Gasteiger partial charge in [-0.3, -0.25) is 9.36 Å². The van der Waals surface area contributed by atoms with Crippen molar-refractivity contribution in [3.63, 3.8) is 0 Å². The molecule has 0 aliphatic rings. The van der Waals surface area contributed by atoms with E-state index in [1.54, 1.807) is 6.08 Å². The number of unbranched alkanes of at least 4 members (excludes halogenated alkanes) is 37. The fourth-order valence-corrected chi connectivity index (χ4v) is 9.17. The average molecular weight is 939 g/mol. The van der Waals surface area contributed by atoms with E-state index >= 15 is 0 Å². The number of rotatable bonds is 52. The highest BCUT2D eigenvalue weighted by Gasteiger charge is 2.23. The van der Waals surface area contributed by atoms with Crippen LogP contribution in [-0.4, -0.2) is 68.5 Å². The van der Waals surface area contributed by atoms with Crippen molar-refractivity contribution in [3.8, 4) is 0 Å². The molecule has 0 radical (unpaired) electrons. The van der Waals surface area contributed by atoms with Crippen LogP contribution in [0.15, 0.2) is 24.3 Å². The predicted octanol–water partition coefficient (Wildman–Crippen LogP) is 16.2. The lowest BCUT2D eigenvalue weighted by Gasteiger charge is -2.29. The molecule has 0 aromatic heterocycles. The van der Waals surface area contributed by atoms with E-state index < -0.39 is 20.0 Å². The molecule has 0 aromatic carbocycles. The Labute approximate surface area is 404 Å². The molecule has 65 heavy (non-hydrogen) atoms. The van der Waals surface area contributed by atoms with Crippen molar-refractivity contribution in [2.24, 2.45) is 0 Å². The third kappa shape index (κ3) is 50.7. The fourth-order valence-electron chi connectivity index (χ4n) is 8.44. The summed E-state index contributed by atoms with van der Waals surface area (Å²) in [7, 11) is 1.27. The SMILES string of the molecule is CCCCCCCC/C=C\CCCCCCCCCC(=O)NC(COP(=O)([O-])OCC[N+](C)(C)C)C(O)/C=C/CCCCCCCCCCCCCCCCCCCCCCCCCC. The molecule has 3 unspecified atom stereocenters. The van der Waals surface area contributed by atoms with Crippen LogP contribution in [0.2, 0.25) is 0 Å². The molecule has 0 aliphatic carbocycles. The van der Waals surface area contributed by atoms with Crippen molar-refractivity contribution in [3.05, 3.63) is 24.3 Å². The van der Waals surface area contributed by atoms with Gasteiger partial charge < -0.3 is 28.8 Å². The van der Waals surface area contributed by atoms with Gasteiger partial charge in [0.15, 0.2) is 0 Å². The van der Waals surface area contributed by atoms with Gasteiger partial charge in [-0.2, -0.15) is 0 Å². The second kappa shape index (κ2) is 48.0. The summed E-state index contributed by atoms with van der Waals surface area (Å²) < 4.78 is 23.3. The molecule has 0 saturated heterocycles. The molecule has 0 bridgehead atoms. The van der Waals surface area contributed by atoms with E-state index in [1.165, 1.54) is 218 Å². The van der Waals surface area contributed by atoms with Crippen molar-refractivity contribution in [1.29, 1.82) is 0 Å². The number of quaternary nitrogens is 1. The van der Waals surface area contributed by atoms with Crippen LogP contribution in [0.3, 0.4) is 0 Å². The number of aliphatic hydroxyl groups is 1. The number of aliphatic hydroxyl groups excluding tert-OH is 1. The fraction of sp³-hybridized carbons (Fsp3) is 0.911. The van der Waals surface area contributed by atoms with E-state index in [9.17, 15) is 19.4 Å². The zero-order chi connectivity index (χ0) is 47.8. The Balaban J connectivity index is 4.19. The summed E-state index contributed by atoms with van der Waals surface area (Å²) in [5, 5.41) is 13.9. The first-order valence-electron chi connectivity index (χ1n) is 28.2. The van der Waals surface area contributed by atoms with Gasteiger partial charge in [-0.25, -0.2) is 0 Å². The number of amides is 1. The quantitative estimate of drug-likeness (QED) is 0.0272. The van der Waals surface area contributed by atoms with E-state index in [-0.39, 0.29) is 19.1 Å². The van der Waals surface area contributed by atoms with Gasteiger partial charge >= 0.3 is 0 Å². The Bertz CT molecular complexity index is 1110. The van der Waals surface area contributed by atoms with Crippen LogP contribution in [-0.2, 0) is 18.4 Å². The number of likely N-dealkylation sites (N-methyl/N-ethyl adjacent to an activating group) is 1. The van der Waals surface area contributed by atoms with E-state index in [0.717, 1.165) is 38.5 Å². The number of phosphoric ester groups is 1. The Morgan fingerprint density at radius 3 is 1.20 bits per heavy atom. The van der Waals surface area contributed by atoms with E-state index in [1.807, 2.05) is 27.2 Å². The topological polar surface area (TPSA) is 108 Å².